The summed E-state index contributed by atoms with van der Waals surface area (Å²) in [4.78, 5) is 12.0. The van der Waals surface area contributed by atoms with Crippen LogP contribution in [0.5, 0.6) is 0 Å². The highest BCUT2D eigenvalue weighted by Crippen LogP contribution is 2.35. The summed E-state index contributed by atoms with van der Waals surface area (Å²) < 4.78 is 11.4. The largest absolute Gasteiger partial charge is 0.353 e. The number of carbonyl (C=O) groups is 1. The second-order valence-corrected chi connectivity index (χ2v) is 6.64. The number of amides is 1. The molecular formula is C16H27NO3. The molecule has 20 heavy (non-hydrogen) atoms. The fourth-order valence-electron chi connectivity index (χ4n) is 3.92. The van der Waals surface area contributed by atoms with Crippen molar-refractivity contribution < 1.29 is 14.3 Å². The minimum absolute atomic E-state index is 0.242. The normalized spacial score (nSPS) is 27.2. The highest BCUT2D eigenvalue weighted by Gasteiger charge is 2.40. The van der Waals surface area contributed by atoms with E-state index in [9.17, 15) is 4.79 Å². The zero-order valence-electron chi connectivity index (χ0n) is 12.4. The molecule has 1 amide bonds. The van der Waals surface area contributed by atoms with Crippen LogP contribution in [0.15, 0.2) is 0 Å². The fourth-order valence-corrected chi connectivity index (χ4v) is 3.92. The SMILES string of the molecule is O=C(CCC1CCCC1)NC1CCC2(CC1)OCCO2. The third kappa shape index (κ3) is 3.53. The van der Waals surface area contributed by atoms with E-state index in [4.69, 9.17) is 9.47 Å². The molecule has 0 unspecified atom stereocenters. The van der Waals surface area contributed by atoms with Gasteiger partial charge in [0.25, 0.3) is 0 Å². The van der Waals surface area contributed by atoms with Gasteiger partial charge >= 0.3 is 0 Å². The molecule has 3 rings (SSSR count). The van der Waals surface area contributed by atoms with Crippen LogP contribution in [-0.2, 0) is 14.3 Å². The first-order valence-electron chi connectivity index (χ1n) is 8.33. The van der Waals surface area contributed by atoms with E-state index >= 15 is 0 Å². The lowest BCUT2D eigenvalue weighted by atomic mass is 9.90. The van der Waals surface area contributed by atoms with Gasteiger partial charge in [0.2, 0.25) is 5.91 Å². The summed E-state index contributed by atoms with van der Waals surface area (Å²) in [6.45, 7) is 1.44. The van der Waals surface area contributed by atoms with Gasteiger partial charge in [0, 0.05) is 25.3 Å². The van der Waals surface area contributed by atoms with E-state index < -0.39 is 0 Å². The first kappa shape index (κ1) is 14.3. The summed E-state index contributed by atoms with van der Waals surface area (Å²) in [5.74, 6) is 0.729. The third-order valence-electron chi connectivity index (χ3n) is 5.18. The Balaban J connectivity index is 1.35. The van der Waals surface area contributed by atoms with Crippen LogP contribution < -0.4 is 5.32 Å². The van der Waals surface area contributed by atoms with Gasteiger partial charge in [0.1, 0.15) is 0 Å². The Bertz CT molecular complexity index is 323. The minimum atomic E-state index is -0.314. The first-order chi connectivity index (χ1) is 9.76. The van der Waals surface area contributed by atoms with Crippen molar-refractivity contribution in [1.29, 1.82) is 0 Å². The Morgan fingerprint density at radius 2 is 1.70 bits per heavy atom. The summed E-state index contributed by atoms with van der Waals surface area (Å²) in [7, 11) is 0. The van der Waals surface area contributed by atoms with Gasteiger partial charge in [-0.1, -0.05) is 25.7 Å². The second kappa shape index (κ2) is 6.44. The Kier molecular flexibility index (Phi) is 4.61. The topological polar surface area (TPSA) is 47.6 Å². The van der Waals surface area contributed by atoms with Crippen molar-refractivity contribution >= 4 is 5.91 Å². The van der Waals surface area contributed by atoms with Crippen LogP contribution in [0.1, 0.15) is 64.2 Å². The average Bonchev–Trinajstić information content (AvgIpc) is 3.12. The monoisotopic (exact) mass is 281 g/mol. The van der Waals surface area contributed by atoms with E-state index in [-0.39, 0.29) is 11.7 Å². The van der Waals surface area contributed by atoms with Crippen molar-refractivity contribution in [2.45, 2.75) is 76.0 Å². The Morgan fingerprint density at radius 1 is 1.05 bits per heavy atom. The molecule has 4 nitrogen and oxygen atoms in total. The molecule has 0 radical (unpaired) electrons. The van der Waals surface area contributed by atoms with E-state index in [1.807, 2.05) is 0 Å². The lowest BCUT2D eigenvalue weighted by Gasteiger charge is -2.35. The standard InChI is InChI=1S/C16H27NO3/c18-15(6-5-13-3-1-2-4-13)17-14-7-9-16(10-8-14)19-11-12-20-16/h13-14H,1-12H2,(H,17,18). The summed E-state index contributed by atoms with van der Waals surface area (Å²) in [6, 6.07) is 0.324. The van der Waals surface area contributed by atoms with Gasteiger partial charge in [-0.2, -0.15) is 0 Å². The van der Waals surface area contributed by atoms with Gasteiger partial charge in [0.15, 0.2) is 5.79 Å². The Hall–Kier alpha value is -0.610. The van der Waals surface area contributed by atoms with Crippen LogP contribution >= 0.6 is 0 Å². The van der Waals surface area contributed by atoms with E-state index in [0.717, 1.165) is 51.2 Å². The summed E-state index contributed by atoms with van der Waals surface area (Å²) in [6.07, 6.45) is 11.0. The summed E-state index contributed by atoms with van der Waals surface area (Å²) in [5, 5.41) is 3.20. The number of carbonyl (C=O) groups excluding carboxylic acids is 1. The minimum Gasteiger partial charge on any atom is -0.353 e. The molecule has 0 aromatic heterocycles. The summed E-state index contributed by atoms with van der Waals surface area (Å²) in [5.41, 5.74) is 0. The maximum absolute atomic E-state index is 12.0. The van der Waals surface area contributed by atoms with Gasteiger partial charge in [-0.05, 0) is 25.2 Å². The lowest BCUT2D eigenvalue weighted by molar-refractivity contribution is -0.180. The van der Waals surface area contributed by atoms with Gasteiger partial charge in [-0.25, -0.2) is 0 Å². The maximum atomic E-state index is 12.0. The number of hydrogen-bond donors (Lipinski definition) is 1. The smallest absolute Gasteiger partial charge is 0.220 e. The first-order valence-corrected chi connectivity index (χ1v) is 8.33. The molecular weight excluding hydrogens is 254 g/mol. The number of nitrogens with one attached hydrogen (secondary N) is 1. The number of rotatable bonds is 4. The number of ether oxygens (including phenoxy) is 2. The van der Waals surface area contributed by atoms with E-state index in [0.29, 0.717) is 12.5 Å². The average molecular weight is 281 g/mol. The van der Waals surface area contributed by atoms with Gasteiger partial charge in [0.05, 0.1) is 13.2 Å². The molecule has 0 aromatic carbocycles. The van der Waals surface area contributed by atoms with Crippen LogP contribution in [-0.4, -0.2) is 30.9 Å². The zero-order valence-corrected chi connectivity index (χ0v) is 12.4. The molecule has 2 aliphatic carbocycles. The second-order valence-electron chi connectivity index (χ2n) is 6.64. The molecule has 2 saturated carbocycles. The molecule has 3 aliphatic rings. The number of hydrogen-bond acceptors (Lipinski definition) is 3. The Labute approximate surface area is 121 Å². The van der Waals surface area contributed by atoms with Crippen LogP contribution in [0.25, 0.3) is 0 Å². The van der Waals surface area contributed by atoms with Gasteiger partial charge in [-0.3, -0.25) is 4.79 Å². The van der Waals surface area contributed by atoms with E-state index in [1.54, 1.807) is 0 Å². The molecule has 1 aliphatic heterocycles. The van der Waals surface area contributed by atoms with Gasteiger partial charge in [-0.15, -0.1) is 0 Å². The Morgan fingerprint density at radius 3 is 2.35 bits per heavy atom. The molecule has 1 spiro atoms. The summed E-state index contributed by atoms with van der Waals surface area (Å²) >= 11 is 0. The fraction of sp³-hybridized carbons (Fsp3) is 0.938. The van der Waals surface area contributed by atoms with Gasteiger partial charge < -0.3 is 14.8 Å². The van der Waals surface area contributed by atoms with Crippen molar-refractivity contribution in [2.75, 3.05) is 13.2 Å². The lowest BCUT2D eigenvalue weighted by Crippen LogP contribution is -2.44. The molecule has 1 heterocycles. The quantitative estimate of drug-likeness (QED) is 0.862. The molecule has 1 saturated heterocycles. The predicted molar refractivity (Wildman–Crippen MR) is 76.2 cm³/mol. The van der Waals surface area contributed by atoms with Crippen LogP contribution in [0.2, 0.25) is 0 Å². The molecule has 0 aromatic rings. The third-order valence-corrected chi connectivity index (χ3v) is 5.18. The van der Waals surface area contributed by atoms with Crippen molar-refractivity contribution in [3.8, 4) is 0 Å². The van der Waals surface area contributed by atoms with E-state index in [1.165, 1.54) is 25.7 Å². The van der Waals surface area contributed by atoms with Crippen molar-refractivity contribution in [3.05, 3.63) is 0 Å². The molecule has 3 fully saturated rings. The maximum Gasteiger partial charge on any atom is 0.220 e. The van der Waals surface area contributed by atoms with Crippen LogP contribution in [0.3, 0.4) is 0 Å². The molecule has 0 bridgehead atoms. The van der Waals surface area contributed by atoms with E-state index in [2.05, 4.69) is 5.32 Å². The van der Waals surface area contributed by atoms with Crippen molar-refractivity contribution in [2.24, 2.45) is 5.92 Å². The molecule has 0 atom stereocenters. The predicted octanol–water partition coefficient (Wildman–Crippen LogP) is 2.76. The van der Waals surface area contributed by atoms with Crippen LogP contribution in [0.4, 0.5) is 0 Å². The highest BCUT2D eigenvalue weighted by atomic mass is 16.7. The van der Waals surface area contributed by atoms with Crippen molar-refractivity contribution in [1.82, 2.24) is 5.32 Å². The zero-order chi connectivity index (χ0) is 13.8. The highest BCUT2D eigenvalue weighted by molar-refractivity contribution is 5.76. The molecule has 4 heteroatoms. The van der Waals surface area contributed by atoms with Crippen molar-refractivity contribution in [3.63, 3.8) is 0 Å². The molecule has 114 valence electrons. The molecule has 1 N–H and O–H groups in total. The van der Waals surface area contributed by atoms with Crippen LogP contribution in [0, 0.1) is 5.92 Å².